The number of carboxylic acids is 1. The first kappa shape index (κ1) is 19.0. The highest BCUT2D eigenvalue weighted by Gasteiger charge is 2.41. The molecule has 0 spiro atoms. The molecule has 0 aromatic heterocycles. The molecule has 0 fully saturated rings. The van der Waals surface area contributed by atoms with Crippen molar-refractivity contribution in [3.63, 3.8) is 0 Å². The maximum absolute atomic E-state index is 13.8. The molecule has 2 aromatic carbocycles. The summed E-state index contributed by atoms with van der Waals surface area (Å²) in [5.41, 5.74) is 3.21. The average Bonchev–Trinajstić information content (AvgIpc) is 2.76. The van der Waals surface area contributed by atoms with Crippen molar-refractivity contribution in [1.29, 1.82) is 0 Å². The molecule has 0 aliphatic heterocycles. The van der Waals surface area contributed by atoms with Crippen molar-refractivity contribution in [2.45, 2.75) is 44.9 Å². The van der Waals surface area contributed by atoms with E-state index in [0.29, 0.717) is 11.1 Å². The Balaban J connectivity index is 1.87. The largest absolute Gasteiger partial charge is 0.478 e. The van der Waals surface area contributed by atoms with Crippen LogP contribution in [0.5, 0.6) is 0 Å². The van der Waals surface area contributed by atoms with Crippen molar-refractivity contribution in [3.05, 3.63) is 76.1 Å². The van der Waals surface area contributed by atoms with Crippen molar-refractivity contribution in [1.82, 2.24) is 0 Å². The number of carbonyl (C=O) groups is 2. The van der Waals surface area contributed by atoms with Crippen molar-refractivity contribution in [2.24, 2.45) is 0 Å². The minimum atomic E-state index is -1.32. The van der Waals surface area contributed by atoms with E-state index in [1.165, 1.54) is 35.4 Å². The van der Waals surface area contributed by atoms with Gasteiger partial charge in [0.25, 0.3) is 0 Å². The Morgan fingerprint density at radius 2 is 1.67 bits per heavy atom. The molecule has 27 heavy (non-hydrogen) atoms. The zero-order chi connectivity index (χ0) is 20.0. The monoisotopic (exact) mass is 366 g/mol. The Labute approximate surface area is 158 Å². The lowest BCUT2D eigenvalue weighted by Crippen LogP contribution is -2.18. The van der Waals surface area contributed by atoms with Crippen LogP contribution in [0.3, 0.4) is 0 Å². The molecule has 0 bridgehead atoms. The second kappa shape index (κ2) is 6.45. The number of carbonyl (C=O) groups excluding carboxylic acids is 1. The zero-order valence-electron chi connectivity index (χ0n) is 16.0. The summed E-state index contributed by atoms with van der Waals surface area (Å²) in [6, 6.07) is 9.62. The molecule has 3 nitrogen and oxygen atoms in total. The lowest BCUT2D eigenvalue weighted by Gasteiger charge is -2.22. The lowest BCUT2D eigenvalue weighted by atomic mass is 9.82. The van der Waals surface area contributed by atoms with Crippen LogP contribution in [-0.4, -0.2) is 16.9 Å². The van der Waals surface area contributed by atoms with E-state index in [1.54, 1.807) is 0 Å². The molecule has 3 rings (SSSR count). The van der Waals surface area contributed by atoms with Gasteiger partial charge in [-0.1, -0.05) is 52.0 Å². The second-order valence-corrected chi connectivity index (χ2v) is 8.45. The Hall–Kier alpha value is -2.75. The summed E-state index contributed by atoms with van der Waals surface area (Å²) >= 11 is 0. The van der Waals surface area contributed by atoms with Gasteiger partial charge in [0.15, 0.2) is 5.78 Å². The number of carboxylic acid groups (broad SMARTS) is 1. The van der Waals surface area contributed by atoms with Crippen molar-refractivity contribution in [2.75, 3.05) is 0 Å². The fourth-order valence-electron chi connectivity index (χ4n) is 4.22. The molecule has 0 saturated carbocycles. The summed E-state index contributed by atoms with van der Waals surface area (Å²) < 4.78 is 13.8. The van der Waals surface area contributed by atoms with E-state index in [2.05, 4.69) is 27.7 Å². The smallest absolute Gasteiger partial charge is 0.338 e. The molecule has 0 heterocycles. The first-order chi connectivity index (χ1) is 12.5. The van der Waals surface area contributed by atoms with Crippen LogP contribution in [0, 0.1) is 5.82 Å². The highest BCUT2D eigenvalue weighted by molar-refractivity contribution is 6.07. The minimum Gasteiger partial charge on any atom is -0.478 e. The zero-order valence-corrected chi connectivity index (χ0v) is 16.0. The fourth-order valence-corrected chi connectivity index (χ4v) is 4.22. The van der Waals surface area contributed by atoms with Gasteiger partial charge in [0, 0.05) is 5.56 Å². The lowest BCUT2D eigenvalue weighted by molar-refractivity contribution is 0.0691. The number of ketones is 1. The highest BCUT2D eigenvalue weighted by Crippen LogP contribution is 2.49. The van der Waals surface area contributed by atoms with E-state index in [9.17, 15) is 14.0 Å². The van der Waals surface area contributed by atoms with Crippen LogP contribution >= 0.6 is 0 Å². The Kier molecular flexibility index (Phi) is 4.54. The molecule has 1 aliphatic rings. The van der Waals surface area contributed by atoms with Gasteiger partial charge in [0.2, 0.25) is 0 Å². The quantitative estimate of drug-likeness (QED) is 0.584. The first-order valence-electron chi connectivity index (χ1n) is 8.91. The van der Waals surface area contributed by atoms with Gasteiger partial charge in [0.05, 0.1) is 5.56 Å². The Morgan fingerprint density at radius 1 is 1.00 bits per heavy atom. The topological polar surface area (TPSA) is 54.4 Å². The Morgan fingerprint density at radius 3 is 2.30 bits per heavy atom. The number of rotatable bonds is 4. The SMILES string of the molecule is CC1(C)CC(C)(C)c2cc(C(=O)C=Cc3ccc(C(=O)O)c(F)c3)ccc21. The highest BCUT2D eigenvalue weighted by atomic mass is 19.1. The number of aromatic carboxylic acids is 1. The molecule has 0 atom stereocenters. The minimum absolute atomic E-state index is 0.00856. The molecule has 1 N–H and O–H groups in total. The van der Waals surface area contributed by atoms with Crippen molar-refractivity contribution >= 4 is 17.8 Å². The molecule has 0 radical (unpaired) electrons. The van der Waals surface area contributed by atoms with E-state index in [-0.39, 0.29) is 22.2 Å². The first-order valence-corrected chi connectivity index (χ1v) is 8.91. The average molecular weight is 366 g/mol. The van der Waals surface area contributed by atoms with Gasteiger partial charge in [0.1, 0.15) is 5.82 Å². The third-order valence-corrected chi connectivity index (χ3v) is 5.30. The summed E-state index contributed by atoms with van der Waals surface area (Å²) in [5.74, 6) is -2.30. The molecule has 0 unspecified atom stereocenters. The van der Waals surface area contributed by atoms with Crippen LogP contribution in [0.15, 0.2) is 42.5 Å². The summed E-state index contributed by atoms with van der Waals surface area (Å²) in [6.45, 7) is 8.82. The number of benzene rings is 2. The number of hydrogen-bond donors (Lipinski definition) is 1. The van der Waals surface area contributed by atoms with Crippen LogP contribution in [0.4, 0.5) is 4.39 Å². The summed E-state index contributed by atoms with van der Waals surface area (Å²) in [4.78, 5) is 23.4. The van der Waals surface area contributed by atoms with Gasteiger partial charge in [-0.2, -0.15) is 0 Å². The van der Waals surface area contributed by atoms with Crippen molar-refractivity contribution < 1.29 is 19.1 Å². The van der Waals surface area contributed by atoms with E-state index in [4.69, 9.17) is 5.11 Å². The summed E-state index contributed by atoms with van der Waals surface area (Å²) in [6.07, 6.45) is 3.92. The maximum atomic E-state index is 13.8. The normalized spacial score (nSPS) is 17.1. The van der Waals surface area contributed by atoms with Gasteiger partial charge >= 0.3 is 5.97 Å². The molecular weight excluding hydrogens is 343 g/mol. The number of allylic oxidation sites excluding steroid dienone is 1. The van der Waals surface area contributed by atoms with E-state index in [1.807, 2.05) is 18.2 Å². The predicted molar refractivity (Wildman–Crippen MR) is 104 cm³/mol. The van der Waals surface area contributed by atoms with Gasteiger partial charge < -0.3 is 5.11 Å². The van der Waals surface area contributed by atoms with Crippen molar-refractivity contribution in [3.8, 4) is 0 Å². The maximum Gasteiger partial charge on any atom is 0.338 e. The van der Waals surface area contributed by atoms with Crippen LogP contribution in [0.25, 0.3) is 6.08 Å². The standard InChI is InChI=1S/C23H23FO3/c1-22(2)13-23(3,4)18-12-15(7-9-17(18)22)20(25)10-6-14-5-8-16(21(26)27)19(24)11-14/h5-12H,13H2,1-4H3,(H,26,27). The summed E-state index contributed by atoms with van der Waals surface area (Å²) in [7, 11) is 0. The van der Waals surface area contributed by atoms with E-state index >= 15 is 0 Å². The van der Waals surface area contributed by atoms with Crippen LogP contribution in [0.1, 0.15) is 71.5 Å². The third kappa shape index (κ3) is 3.57. The van der Waals surface area contributed by atoms with E-state index < -0.39 is 11.8 Å². The number of hydrogen-bond acceptors (Lipinski definition) is 2. The second-order valence-electron chi connectivity index (χ2n) is 8.45. The third-order valence-electron chi connectivity index (χ3n) is 5.30. The van der Waals surface area contributed by atoms with Gasteiger partial charge in [-0.05, 0) is 58.2 Å². The van der Waals surface area contributed by atoms with Gasteiger partial charge in [-0.3, -0.25) is 4.79 Å². The fraction of sp³-hybridized carbons (Fsp3) is 0.304. The Bertz CT molecular complexity index is 968. The summed E-state index contributed by atoms with van der Waals surface area (Å²) in [5, 5.41) is 8.87. The molecule has 1 aliphatic carbocycles. The van der Waals surface area contributed by atoms with Crippen LogP contribution < -0.4 is 0 Å². The van der Waals surface area contributed by atoms with Crippen LogP contribution in [0.2, 0.25) is 0 Å². The number of halogens is 1. The molecule has 140 valence electrons. The molecule has 4 heteroatoms. The van der Waals surface area contributed by atoms with E-state index in [0.717, 1.165) is 12.5 Å². The number of fused-ring (bicyclic) bond motifs is 1. The molecular formula is C23H23FO3. The predicted octanol–water partition coefficient (Wildman–Crippen LogP) is 5.38. The van der Waals surface area contributed by atoms with Gasteiger partial charge in [-0.25, -0.2) is 9.18 Å². The molecule has 0 saturated heterocycles. The van der Waals surface area contributed by atoms with Gasteiger partial charge in [-0.15, -0.1) is 0 Å². The van der Waals surface area contributed by atoms with Crippen LogP contribution in [-0.2, 0) is 10.8 Å². The molecule has 0 amide bonds. The molecule has 2 aromatic rings.